The number of aromatic nitrogens is 2. The smallest absolute Gasteiger partial charge is 0.210 e. The van der Waals surface area contributed by atoms with Gasteiger partial charge in [0.1, 0.15) is 5.01 Å². The van der Waals surface area contributed by atoms with Gasteiger partial charge in [0, 0.05) is 12.2 Å². The second kappa shape index (κ2) is 5.25. The average Bonchev–Trinajstić information content (AvgIpc) is 2.77. The van der Waals surface area contributed by atoms with Gasteiger partial charge in [0.25, 0.3) is 0 Å². The lowest BCUT2D eigenvalue weighted by Crippen LogP contribution is -1.94. The lowest BCUT2D eigenvalue weighted by molar-refractivity contribution is 0.867. The average molecular weight is 248 g/mol. The Hall–Kier alpha value is -1.46. The van der Waals surface area contributed by atoms with Crippen molar-refractivity contribution in [3.8, 4) is 0 Å². The fourth-order valence-corrected chi connectivity index (χ4v) is 2.10. The Balaban J connectivity index is 2.08. The molecule has 1 aromatic heterocycles. The summed E-state index contributed by atoms with van der Waals surface area (Å²) < 4.78 is 0. The molecule has 1 heterocycles. The highest BCUT2D eigenvalue weighted by atomic mass is 32.1. The summed E-state index contributed by atoms with van der Waals surface area (Å²) in [4.78, 5) is 0. The third kappa shape index (κ3) is 3.01. The Morgan fingerprint density at radius 2 is 1.94 bits per heavy atom. The van der Waals surface area contributed by atoms with Gasteiger partial charge in [0.15, 0.2) is 0 Å². The first-order valence-electron chi connectivity index (χ1n) is 5.58. The third-order valence-electron chi connectivity index (χ3n) is 2.47. The zero-order valence-electron chi connectivity index (χ0n) is 9.97. The van der Waals surface area contributed by atoms with E-state index in [1.54, 1.807) is 0 Å². The Morgan fingerprint density at radius 1 is 1.24 bits per heavy atom. The van der Waals surface area contributed by atoms with Crippen LogP contribution in [-0.2, 0) is 6.54 Å². The van der Waals surface area contributed by atoms with E-state index in [2.05, 4.69) is 53.6 Å². The van der Waals surface area contributed by atoms with Gasteiger partial charge in [-0.1, -0.05) is 37.3 Å². The molecule has 90 valence electrons. The molecule has 0 spiro atoms. The summed E-state index contributed by atoms with van der Waals surface area (Å²) in [7, 11) is 0. The summed E-state index contributed by atoms with van der Waals surface area (Å²) in [6.07, 6.45) is 0. The van der Waals surface area contributed by atoms with Gasteiger partial charge in [0.2, 0.25) is 5.13 Å². The Bertz CT molecular complexity index is 476. The van der Waals surface area contributed by atoms with E-state index in [-0.39, 0.29) is 0 Å². The lowest BCUT2D eigenvalue weighted by atomic mass is 10.0. The Labute approximate surface area is 105 Å². The van der Waals surface area contributed by atoms with E-state index in [0.29, 0.717) is 12.5 Å². The number of rotatable bonds is 4. The SMILES string of the molecule is CC(C)c1ccc(Nc2nnc(CN)s2)cc1. The molecule has 0 radical (unpaired) electrons. The Morgan fingerprint density at radius 3 is 2.47 bits per heavy atom. The zero-order chi connectivity index (χ0) is 12.3. The highest BCUT2D eigenvalue weighted by Crippen LogP contribution is 2.22. The van der Waals surface area contributed by atoms with E-state index in [1.165, 1.54) is 16.9 Å². The zero-order valence-corrected chi connectivity index (χ0v) is 10.8. The summed E-state index contributed by atoms with van der Waals surface area (Å²) in [6, 6.07) is 8.35. The summed E-state index contributed by atoms with van der Waals surface area (Å²) in [5.74, 6) is 0.550. The van der Waals surface area contributed by atoms with E-state index >= 15 is 0 Å². The third-order valence-corrected chi connectivity index (χ3v) is 3.33. The van der Waals surface area contributed by atoms with Crippen molar-refractivity contribution in [3.63, 3.8) is 0 Å². The van der Waals surface area contributed by atoms with Gasteiger partial charge in [-0.15, -0.1) is 10.2 Å². The van der Waals surface area contributed by atoms with Gasteiger partial charge in [-0.2, -0.15) is 0 Å². The van der Waals surface area contributed by atoms with Crippen LogP contribution in [0.4, 0.5) is 10.8 Å². The first kappa shape index (κ1) is 12.0. The maximum atomic E-state index is 5.49. The number of nitrogens with one attached hydrogen (secondary N) is 1. The van der Waals surface area contributed by atoms with Gasteiger partial charge >= 0.3 is 0 Å². The van der Waals surface area contributed by atoms with Crippen molar-refractivity contribution in [2.24, 2.45) is 5.73 Å². The topological polar surface area (TPSA) is 63.8 Å². The second-order valence-corrected chi connectivity index (χ2v) is 5.17. The summed E-state index contributed by atoms with van der Waals surface area (Å²) in [5, 5.41) is 12.8. The molecule has 0 amide bonds. The molecule has 0 fully saturated rings. The van der Waals surface area contributed by atoms with Crippen LogP contribution in [0.1, 0.15) is 30.3 Å². The van der Waals surface area contributed by atoms with Crippen LogP contribution in [0.5, 0.6) is 0 Å². The molecular weight excluding hydrogens is 232 g/mol. The lowest BCUT2D eigenvalue weighted by Gasteiger charge is -2.06. The van der Waals surface area contributed by atoms with Gasteiger partial charge in [0.05, 0.1) is 0 Å². The van der Waals surface area contributed by atoms with Crippen molar-refractivity contribution in [1.29, 1.82) is 0 Å². The van der Waals surface area contributed by atoms with Crippen molar-refractivity contribution >= 4 is 22.2 Å². The number of nitrogens with zero attached hydrogens (tertiary/aromatic N) is 2. The molecule has 2 rings (SSSR count). The molecule has 4 nitrogen and oxygen atoms in total. The fourth-order valence-electron chi connectivity index (χ4n) is 1.46. The first-order chi connectivity index (χ1) is 8.19. The standard InChI is InChI=1S/C12H16N4S/c1-8(2)9-3-5-10(6-4-9)14-12-16-15-11(7-13)17-12/h3-6,8H,7,13H2,1-2H3,(H,14,16). The molecule has 0 unspecified atom stereocenters. The van der Waals surface area contributed by atoms with Crippen LogP contribution >= 0.6 is 11.3 Å². The largest absolute Gasteiger partial charge is 0.330 e. The highest BCUT2D eigenvalue weighted by molar-refractivity contribution is 7.15. The molecule has 2 aromatic rings. The van der Waals surface area contributed by atoms with Crippen molar-refractivity contribution in [3.05, 3.63) is 34.8 Å². The molecule has 3 N–H and O–H groups in total. The minimum absolute atomic E-state index is 0.436. The minimum Gasteiger partial charge on any atom is -0.330 e. The van der Waals surface area contributed by atoms with Crippen LogP contribution in [0, 0.1) is 0 Å². The normalized spacial score (nSPS) is 10.8. The maximum absolute atomic E-state index is 5.49. The maximum Gasteiger partial charge on any atom is 0.210 e. The predicted octanol–water partition coefficient (Wildman–Crippen LogP) is 2.86. The van der Waals surface area contributed by atoms with Crippen molar-refractivity contribution in [2.75, 3.05) is 5.32 Å². The molecule has 0 atom stereocenters. The van der Waals surface area contributed by atoms with Crippen LogP contribution < -0.4 is 11.1 Å². The van der Waals surface area contributed by atoms with Crippen LogP contribution in [0.2, 0.25) is 0 Å². The van der Waals surface area contributed by atoms with E-state index in [1.807, 2.05) is 0 Å². The molecule has 0 saturated carbocycles. The van der Waals surface area contributed by atoms with Crippen LogP contribution in [-0.4, -0.2) is 10.2 Å². The van der Waals surface area contributed by atoms with E-state index in [9.17, 15) is 0 Å². The predicted molar refractivity (Wildman–Crippen MR) is 71.6 cm³/mol. The number of hydrogen-bond donors (Lipinski definition) is 2. The Kier molecular flexibility index (Phi) is 3.71. The monoisotopic (exact) mass is 248 g/mol. The van der Waals surface area contributed by atoms with Crippen molar-refractivity contribution < 1.29 is 0 Å². The van der Waals surface area contributed by atoms with Gasteiger partial charge in [-0.3, -0.25) is 0 Å². The van der Waals surface area contributed by atoms with E-state index in [0.717, 1.165) is 15.8 Å². The van der Waals surface area contributed by atoms with Gasteiger partial charge in [-0.25, -0.2) is 0 Å². The molecule has 0 saturated heterocycles. The van der Waals surface area contributed by atoms with Crippen LogP contribution in [0.15, 0.2) is 24.3 Å². The fraction of sp³-hybridized carbons (Fsp3) is 0.333. The summed E-state index contributed by atoms with van der Waals surface area (Å²) >= 11 is 1.48. The molecule has 5 heteroatoms. The molecule has 0 aliphatic rings. The molecule has 0 bridgehead atoms. The van der Waals surface area contributed by atoms with Crippen LogP contribution in [0.3, 0.4) is 0 Å². The minimum atomic E-state index is 0.436. The van der Waals surface area contributed by atoms with Crippen LogP contribution in [0.25, 0.3) is 0 Å². The molecule has 17 heavy (non-hydrogen) atoms. The molecular formula is C12H16N4S. The number of benzene rings is 1. The summed E-state index contributed by atoms with van der Waals surface area (Å²) in [6.45, 7) is 4.80. The molecule has 1 aromatic carbocycles. The first-order valence-corrected chi connectivity index (χ1v) is 6.40. The molecule has 0 aliphatic heterocycles. The highest BCUT2D eigenvalue weighted by Gasteiger charge is 2.03. The molecule has 0 aliphatic carbocycles. The summed E-state index contributed by atoms with van der Waals surface area (Å²) in [5.41, 5.74) is 7.84. The number of hydrogen-bond acceptors (Lipinski definition) is 5. The second-order valence-electron chi connectivity index (χ2n) is 4.11. The number of nitrogens with two attached hydrogens (primary N) is 1. The van der Waals surface area contributed by atoms with Gasteiger partial charge in [-0.05, 0) is 23.6 Å². The van der Waals surface area contributed by atoms with Crippen molar-refractivity contribution in [2.45, 2.75) is 26.3 Å². The number of anilines is 2. The quantitative estimate of drug-likeness (QED) is 0.873. The van der Waals surface area contributed by atoms with Gasteiger partial charge < -0.3 is 11.1 Å². The van der Waals surface area contributed by atoms with Crippen molar-refractivity contribution in [1.82, 2.24) is 10.2 Å². The van der Waals surface area contributed by atoms with E-state index in [4.69, 9.17) is 5.73 Å². The van der Waals surface area contributed by atoms with E-state index < -0.39 is 0 Å².